The predicted molar refractivity (Wildman–Crippen MR) is 151 cm³/mol. The van der Waals surface area contributed by atoms with Gasteiger partial charge in [0.2, 0.25) is 11.9 Å². The highest BCUT2D eigenvalue weighted by atomic mass is 19.1. The van der Waals surface area contributed by atoms with Gasteiger partial charge in [-0.3, -0.25) is 4.79 Å². The van der Waals surface area contributed by atoms with E-state index >= 15 is 0 Å². The predicted octanol–water partition coefficient (Wildman–Crippen LogP) is 5.09. The molecule has 2 heterocycles. The summed E-state index contributed by atoms with van der Waals surface area (Å²) in [5.74, 6) is -0.918. The number of likely N-dealkylation sites (N-methyl/N-ethyl adjacent to an activating group) is 2. The van der Waals surface area contributed by atoms with Gasteiger partial charge in [0.1, 0.15) is 17.4 Å². The number of benzene rings is 2. The van der Waals surface area contributed by atoms with Crippen LogP contribution in [0.1, 0.15) is 5.56 Å². The van der Waals surface area contributed by atoms with Gasteiger partial charge in [-0.25, -0.2) is 18.7 Å². The van der Waals surface area contributed by atoms with Crippen LogP contribution in [0, 0.1) is 18.6 Å². The smallest absolute Gasteiger partial charge is 0.247 e. The number of aromatic amines is 1. The van der Waals surface area contributed by atoms with Crippen molar-refractivity contribution in [2.75, 3.05) is 56.9 Å². The number of carbonyl (C=O) groups is 1. The summed E-state index contributed by atoms with van der Waals surface area (Å²) in [6.07, 6.45) is 4.32. The minimum Gasteiger partial charge on any atom is -0.494 e. The summed E-state index contributed by atoms with van der Waals surface area (Å²) in [6.45, 7) is 6.44. The van der Waals surface area contributed by atoms with Crippen LogP contribution in [-0.2, 0) is 4.79 Å². The molecule has 1 amide bonds. The summed E-state index contributed by atoms with van der Waals surface area (Å²) in [7, 11) is 7.44. The molecule has 3 N–H and O–H groups in total. The molecular weight excluding hydrogens is 504 g/mol. The molecule has 0 unspecified atom stereocenters. The first-order valence-corrected chi connectivity index (χ1v) is 12.2. The van der Waals surface area contributed by atoms with Crippen LogP contribution < -0.4 is 20.3 Å². The molecule has 9 nitrogen and oxygen atoms in total. The van der Waals surface area contributed by atoms with E-state index in [-0.39, 0.29) is 22.8 Å². The van der Waals surface area contributed by atoms with Crippen LogP contribution in [0.2, 0.25) is 0 Å². The summed E-state index contributed by atoms with van der Waals surface area (Å²) < 4.78 is 34.7. The van der Waals surface area contributed by atoms with Crippen molar-refractivity contribution in [3.63, 3.8) is 0 Å². The van der Waals surface area contributed by atoms with E-state index in [4.69, 9.17) is 4.74 Å². The second-order valence-electron chi connectivity index (χ2n) is 9.30. The average molecular weight is 536 g/mol. The third-order valence-electron chi connectivity index (χ3n) is 6.32. The molecule has 0 saturated heterocycles. The van der Waals surface area contributed by atoms with Gasteiger partial charge < -0.3 is 30.2 Å². The molecule has 39 heavy (non-hydrogen) atoms. The summed E-state index contributed by atoms with van der Waals surface area (Å²) >= 11 is 0. The van der Waals surface area contributed by atoms with Crippen LogP contribution in [0.3, 0.4) is 0 Å². The fourth-order valence-corrected chi connectivity index (χ4v) is 4.11. The molecule has 0 saturated carbocycles. The molecule has 0 bridgehead atoms. The zero-order valence-corrected chi connectivity index (χ0v) is 22.5. The lowest BCUT2D eigenvalue weighted by molar-refractivity contribution is -0.111. The normalized spacial score (nSPS) is 11.1. The van der Waals surface area contributed by atoms with Crippen molar-refractivity contribution in [1.82, 2.24) is 19.9 Å². The number of halogens is 2. The van der Waals surface area contributed by atoms with E-state index in [1.54, 1.807) is 25.4 Å². The van der Waals surface area contributed by atoms with Crippen LogP contribution in [0.15, 0.2) is 49.3 Å². The Morgan fingerprint density at radius 2 is 1.95 bits per heavy atom. The van der Waals surface area contributed by atoms with E-state index < -0.39 is 11.6 Å². The molecule has 0 aliphatic carbocycles. The third-order valence-corrected chi connectivity index (χ3v) is 6.32. The van der Waals surface area contributed by atoms with Crippen LogP contribution in [0.4, 0.5) is 31.8 Å². The van der Waals surface area contributed by atoms with Crippen LogP contribution in [-0.4, -0.2) is 67.1 Å². The zero-order valence-electron chi connectivity index (χ0n) is 22.5. The highest BCUT2D eigenvalue weighted by molar-refractivity contribution is 6.02. The number of amides is 1. The molecule has 2 aromatic carbocycles. The Kier molecular flexibility index (Phi) is 8.10. The van der Waals surface area contributed by atoms with Crippen LogP contribution >= 0.6 is 0 Å². The molecule has 0 atom stereocenters. The summed E-state index contributed by atoms with van der Waals surface area (Å²) in [5, 5.41) is 6.24. The quantitative estimate of drug-likeness (QED) is 0.244. The number of fused-ring (bicyclic) bond motifs is 1. The lowest BCUT2D eigenvalue weighted by Gasteiger charge is -2.26. The first-order chi connectivity index (χ1) is 18.6. The van der Waals surface area contributed by atoms with Gasteiger partial charge >= 0.3 is 0 Å². The standard InChI is InChI=1S/C28H31F2N7O2/c1-7-25(38)33-20-13-21(24(39-6)14-23(20)37(5)11-10-36(3)4)35-28-31-9-8-19(34-28)17-15-32-22-12-18(29)16(2)27(30)26(17)22/h7-9,12-15,32H,1,10-11H2,2-6H3,(H,33,38)(H,31,34,35). The first-order valence-electron chi connectivity index (χ1n) is 12.2. The maximum absolute atomic E-state index is 15.0. The number of rotatable bonds is 10. The molecule has 4 rings (SSSR count). The van der Waals surface area contributed by atoms with Gasteiger partial charge in [-0.1, -0.05) is 6.58 Å². The Hall–Kier alpha value is -4.51. The van der Waals surface area contributed by atoms with Crippen molar-refractivity contribution in [2.24, 2.45) is 0 Å². The second kappa shape index (κ2) is 11.5. The lowest BCUT2D eigenvalue weighted by atomic mass is 10.1. The van der Waals surface area contributed by atoms with Crippen molar-refractivity contribution in [3.8, 4) is 17.0 Å². The SMILES string of the molecule is C=CC(=O)Nc1cc(Nc2nccc(-c3c[nH]c4cc(F)c(C)c(F)c34)n2)c(OC)cc1N(C)CCN(C)C. The Bertz CT molecular complexity index is 1530. The fourth-order valence-electron chi connectivity index (χ4n) is 4.11. The minimum atomic E-state index is -0.646. The molecule has 2 aromatic heterocycles. The number of methoxy groups -OCH3 is 1. The number of aromatic nitrogens is 3. The molecule has 4 aromatic rings. The zero-order chi connectivity index (χ0) is 28.3. The van der Waals surface area contributed by atoms with E-state index in [1.807, 2.05) is 32.1 Å². The maximum Gasteiger partial charge on any atom is 0.247 e. The lowest BCUT2D eigenvalue weighted by Crippen LogP contribution is -2.29. The molecule has 0 aliphatic heterocycles. The Labute approximate surface area is 225 Å². The molecule has 0 spiro atoms. The Balaban J connectivity index is 1.73. The number of ether oxygens (including phenoxy) is 1. The monoisotopic (exact) mass is 535 g/mol. The van der Waals surface area contributed by atoms with Crippen molar-refractivity contribution in [2.45, 2.75) is 6.92 Å². The summed E-state index contributed by atoms with van der Waals surface area (Å²) in [4.78, 5) is 28.1. The molecule has 0 radical (unpaired) electrons. The third kappa shape index (κ3) is 5.83. The van der Waals surface area contributed by atoms with Gasteiger partial charge in [0.25, 0.3) is 0 Å². The van der Waals surface area contributed by atoms with Gasteiger partial charge in [0.15, 0.2) is 0 Å². The number of H-pyrrole nitrogens is 1. The average Bonchev–Trinajstić information content (AvgIpc) is 3.34. The van der Waals surface area contributed by atoms with Crippen molar-refractivity contribution >= 4 is 39.8 Å². The summed E-state index contributed by atoms with van der Waals surface area (Å²) in [5.41, 5.74) is 2.96. The minimum absolute atomic E-state index is 0.0646. The fraction of sp³-hybridized carbons (Fsp3) is 0.250. The molecule has 0 aliphatic rings. The van der Waals surface area contributed by atoms with Crippen molar-refractivity contribution in [1.29, 1.82) is 0 Å². The summed E-state index contributed by atoms with van der Waals surface area (Å²) in [6, 6.07) is 6.45. The van der Waals surface area contributed by atoms with E-state index in [2.05, 4.69) is 37.1 Å². The van der Waals surface area contributed by atoms with Crippen LogP contribution in [0.25, 0.3) is 22.2 Å². The molecule has 204 valence electrons. The Morgan fingerprint density at radius 1 is 1.18 bits per heavy atom. The van der Waals surface area contributed by atoms with Gasteiger partial charge in [-0.15, -0.1) is 0 Å². The van der Waals surface area contributed by atoms with Crippen molar-refractivity contribution in [3.05, 3.63) is 66.5 Å². The number of anilines is 4. The highest BCUT2D eigenvalue weighted by Gasteiger charge is 2.19. The molecular formula is C28H31F2N7O2. The molecule has 11 heteroatoms. The van der Waals surface area contributed by atoms with E-state index in [0.29, 0.717) is 40.4 Å². The van der Waals surface area contributed by atoms with E-state index in [9.17, 15) is 13.6 Å². The number of carbonyl (C=O) groups excluding carboxylic acids is 1. The largest absolute Gasteiger partial charge is 0.494 e. The van der Waals surface area contributed by atoms with Gasteiger partial charge in [0, 0.05) is 55.1 Å². The van der Waals surface area contributed by atoms with Crippen molar-refractivity contribution < 1.29 is 18.3 Å². The number of hydrogen-bond donors (Lipinski definition) is 3. The number of nitrogens with one attached hydrogen (secondary N) is 3. The van der Waals surface area contributed by atoms with Gasteiger partial charge in [-0.05, 0) is 45.3 Å². The van der Waals surface area contributed by atoms with E-state index in [0.717, 1.165) is 12.2 Å². The maximum atomic E-state index is 15.0. The second-order valence-corrected chi connectivity index (χ2v) is 9.30. The number of hydrogen-bond acceptors (Lipinski definition) is 7. The van der Waals surface area contributed by atoms with Gasteiger partial charge in [0.05, 0.1) is 35.4 Å². The first kappa shape index (κ1) is 27.5. The van der Waals surface area contributed by atoms with E-state index in [1.165, 1.54) is 25.3 Å². The highest BCUT2D eigenvalue weighted by Crippen LogP contribution is 2.38. The number of nitrogens with zero attached hydrogens (tertiary/aromatic N) is 4. The molecule has 0 fully saturated rings. The Morgan fingerprint density at radius 3 is 2.64 bits per heavy atom. The van der Waals surface area contributed by atoms with Crippen LogP contribution in [0.5, 0.6) is 5.75 Å². The van der Waals surface area contributed by atoms with Gasteiger partial charge in [-0.2, -0.15) is 0 Å². The topological polar surface area (TPSA) is 98.4 Å².